The van der Waals surface area contributed by atoms with Gasteiger partial charge in [0.25, 0.3) is 0 Å². The van der Waals surface area contributed by atoms with Crippen molar-refractivity contribution in [2.45, 2.75) is 52.4 Å². The van der Waals surface area contributed by atoms with Crippen LogP contribution in [0.4, 0.5) is 0 Å². The standard InChI is InChI=1S/C12H20O/c1-10(2)12(13)11-8-6-4-3-5-7-9-11/h8,10H,3-7,9H2,1-2H3. The summed E-state index contributed by atoms with van der Waals surface area (Å²) in [6.07, 6.45) is 9.37. The van der Waals surface area contributed by atoms with Crippen LogP contribution in [0.1, 0.15) is 52.4 Å². The Morgan fingerprint density at radius 1 is 1.23 bits per heavy atom. The van der Waals surface area contributed by atoms with E-state index in [-0.39, 0.29) is 5.92 Å². The summed E-state index contributed by atoms with van der Waals surface area (Å²) in [5.74, 6) is 0.535. The molecule has 13 heavy (non-hydrogen) atoms. The molecule has 74 valence electrons. The van der Waals surface area contributed by atoms with Crippen LogP contribution in [0.2, 0.25) is 0 Å². The summed E-state index contributed by atoms with van der Waals surface area (Å²) in [5.41, 5.74) is 1.09. The minimum atomic E-state index is 0.172. The highest BCUT2D eigenvalue weighted by Gasteiger charge is 2.13. The molecule has 0 aromatic carbocycles. The van der Waals surface area contributed by atoms with Gasteiger partial charge >= 0.3 is 0 Å². The van der Waals surface area contributed by atoms with E-state index in [1.54, 1.807) is 0 Å². The Morgan fingerprint density at radius 3 is 2.62 bits per heavy atom. The second-order valence-corrected chi connectivity index (χ2v) is 4.20. The molecule has 0 N–H and O–H groups in total. The van der Waals surface area contributed by atoms with E-state index < -0.39 is 0 Å². The van der Waals surface area contributed by atoms with Gasteiger partial charge < -0.3 is 0 Å². The maximum atomic E-state index is 11.7. The van der Waals surface area contributed by atoms with Gasteiger partial charge in [-0.3, -0.25) is 4.79 Å². The summed E-state index contributed by atoms with van der Waals surface area (Å²) in [6, 6.07) is 0. The third-order valence-electron chi connectivity index (χ3n) is 2.63. The first kappa shape index (κ1) is 10.5. The fourth-order valence-corrected chi connectivity index (χ4v) is 1.79. The predicted molar refractivity (Wildman–Crippen MR) is 55.6 cm³/mol. The number of rotatable bonds is 2. The molecular formula is C12H20O. The zero-order chi connectivity index (χ0) is 9.68. The topological polar surface area (TPSA) is 17.1 Å². The lowest BCUT2D eigenvalue weighted by atomic mass is 9.93. The van der Waals surface area contributed by atoms with Gasteiger partial charge in [0.05, 0.1) is 0 Å². The molecule has 0 saturated heterocycles. The van der Waals surface area contributed by atoms with Gasteiger partial charge in [-0.05, 0) is 31.3 Å². The molecule has 1 aliphatic rings. The molecule has 0 aromatic heterocycles. The highest BCUT2D eigenvalue weighted by molar-refractivity contribution is 5.96. The molecule has 0 fully saturated rings. The fraction of sp³-hybridized carbons (Fsp3) is 0.750. The van der Waals surface area contributed by atoms with Crippen LogP contribution in [0, 0.1) is 5.92 Å². The van der Waals surface area contributed by atoms with Crippen LogP contribution in [-0.4, -0.2) is 5.78 Å². The molecule has 0 aliphatic heterocycles. The van der Waals surface area contributed by atoms with E-state index in [1.165, 1.54) is 25.7 Å². The molecule has 1 rings (SSSR count). The van der Waals surface area contributed by atoms with E-state index in [2.05, 4.69) is 6.08 Å². The third kappa shape index (κ3) is 3.33. The number of hydrogen-bond donors (Lipinski definition) is 0. The van der Waals surface area contributed by atoms with Gasteiger partial charge in [-0.15, -0.1) is 0 Å². The van der Waals surface area contributed by atoms with Gasteiger partial charge in [0.2, 0.25) is 0 Å². The molecule has 0 atom stereocenters. The molecule has 0 unspecified atom stereocenters. The average molecular weight is 180 g/mol. The van der Waals surface area contributed by atoms with Crippen LogP contribution in [-0.2, 0) is 4.79 Å². The predicted octanol–water partition coefficient (Wildman–Crippen LogP) is 3.49. The van der Waals surface area contributed by atoms with E-state index in [0.29, 0.717) is 5.78 Å². The molecule has 0 bridgehead atoms. The van der Waals surface area contributed by atoms with Crippen molar-refractivity contribution >= 4 is 5.78 Å². The van der Waals surface area contributed by atoms with Gasteiger partial charge in [0.15, 0.2) is 5.78 Å². The third-order valence-corrected chi connectivity index (χ3v) is 2.63. The Balaban J connectivity index is 2.59. The quantitative estimate of drug-likeness (QED) is 0.635. The van der Waals surface area contributed by atoms with Crippen LogP contribution in [0.3, 0.4) is 0 Å². The number of carbonyl (C=O) groups excluding carboxylic acids is 1. The van der Waals surface area contributed by atoms with Crippen LogP contribution >= 0.6 is 0 Å². The molecule has 0 aromatic rings. The number of ketones is 1. The van der Waals surface area contributed by atoms with Gasteiger partial charge in [-0.1, -0.05) is 32.8 Å². The molecule has 0 spiro atoms. The zero-order valence-corrected chi connectivity index (χ0v) is 8.81. The average Bonchev–Trinajstić information content (AvgIpc) is 2.02. The molecule has 0 heterocycles. The lowest BCUT2D eigenvalue weighted by molar-refractivity contribution is -0.118. The molecular weight excluding hydrogens is 160 g/mol. The maximum Gasteiger partial charge on any atom is 0.161 e. The molecule has 1 aliphatic carbocycles. The number of allylic oxidation sites excluding steroid dienone is 2. The molecule has 0 saturated carbocycles. The molecule has 1 nitrogen and oxygen atoms in total. The fourth-order valence-electron chi connectivity index (χ4n) is 1.79. The van der Waals surface area contributed by atoms with E-state index >= 15 is 0 Å². The first-order valence-electron chi connectivity index (χ1n) is 5.45. The minimum Gasteiger partial charge on any atom is -0.294 e. The van der Waals surface area contributed by atoms with Crippen molar-refractivity contribution in [3.63, 3.8) is 0 Å². The van der Waals surface area contributed by atoms with Crippen LogP contribution in [0.25, 0.3) is 0 Å². The Kier molecular flexibility index (Phi) is 4.20. The van der Waals surface area contributed by atoms with Crippen molar-refractivity contribution in [1.29, 1.82) is 0 Å². The number of hydrogen-bond acceptors (Lipinski definition) is 1. The van der Waals surface area contributed by atoms with Crippen LogP contribution in [0.5, 0.6) is 0 Å². The Labute approximate surface area is 81.2 Å². The Hall–Kier alpha value is -0.590. The monoisotopic (exact) mass is 180 g/mol. The van der Waals surface area contributed by atoms with Crippen molar-refractivity contribution in [2.24, 2.45) is 5.92 Å². The summed E-state index contributed by atoms with van der Waals surface area (Å²) in [6.45, 7) is 3.98. The van der Waals surface area contributed by atoms with Gasteiger partial charge in [-0.25, -0.2) is 0 Å². The summed E-state index contributed by atoms with van der Waals surface area (Å²) in [7, 11) is 0. The smallest absolute Gasteiger partial charge is 0.161 e. The summed E-state index contributed by atoms with van der Waals surface area (Å²) >= 11 is 0. The Bertz CT molecular complexity index is 201. The van der Waals surface area contributed by atoms with Crippen molar-refractivity contribution in [2.75, 3.05) is 0 Å². The van der Waals surface area contributed by atoms with Gasteiger partial charge in [0.1, 0.15) is 0 Å². The highest BCUT2D eigenvalue weighted by atomic mass is 16.1. The minimum absolute atomic E-state index is 0.172. The van der Waals surface area contributed by atoms with Crippen LogP contribution in [0.15, 0.2) is 11.6 Å². The second kappa shape index (κ2) is 5.21. The first-order valence-corrected chi connectivity index (χ1v) is 5.45. The van der Waals surface area contributed by atoms with E-state index in [4.69, 9.17) is 0 Å². The van der Waals surface area contributed by atoms with Gasteiger partial charge in [-0.2, -0.15) is 0 Å². The van der Waals surface area contributed by atoms with Crippen LogP contribution < -0.4 is 0 Å². The normalized spacial score (nSPS) is 19.2. The van der Waals surface area contributed by atoms with E-state index in [1.807, 2.05) is 13.8 Å². The maximum absolute atomic E-state index is 11.7. The summed E-state index contributed by atoms with van der Waals surface area (Å²) < 4.78 is 0. The van der Waals surface area contributed by atoms with Crippen molar-refractivity contribution in [3.05, 3.63) is 11.6 Å². The summed E-state index contributed by atoms with van der Waals surface area (Å²) in [4.78, 5) is 11.7. The first-order chi connectivity index (χ1) is 6.22. The lowest BCUT2D eigenvalue weighted by Crippen LogP contribution is -2.11. The molecule has 0 radical (unpaired) electrons. The lowest BCUT2D eigenvalue weighted by Gasteiger charge is -2.12. The van der Waals surface area contributed by atoms with Crippen molar-refractivity contribution < 1.29 is 4.79 Å². The SMILES string of the molecule is CC(C)C(=O)C1=CCCCCCC1. The second-order valence-electron chi connectivity index (χ2n) is 4.20. The zero-order valence-electron chi connectivity index (χ0n) is 8.81. The van der Waals surface area contributed by atoms with E-state index in [9.17, 15) is 4.79 Å². The number of Topliss-reactive ketones (excluding diaryl/α,β-unsaturated/α-hetero) is 1. The summed E-state index contributed by atoms with van der Waals surface area (Å²) in [5, 5.41) is 0. The number of carbonyl (C=O) groups is 1. The molecule has 0 amide bonds. The largest absolute Gasteiger partial charge is 0.294 e. The highest BCUT2D eigenvalue weighted by Crippen LogP contribution is 2.19. The van der Waals surface area contributed by atoms with E-state index in [0.717, 1.165) is 18.4 Å². The molecule has 1 heteroatoms. The van der Waals surface area contributed by atoms with Gasteiger partial charge in [0, 0.05) is 5.92 Å². The Morgan fingerprint density at radius 2 is 1.92 bits per heavy atom. The van der Waals surface area contributed by atoms with Crippen molar-refractivity contribution in [1.82, 2.24) is 0 Å². The van der Waals surface area contributed by atoms with Crippen molar-refractivity contribution in [3.8, 4) is 0 Å².